The van der Waals surface area contributed by atoms with Crippen molar-refractivity contribution < 1.29 is 52.8 Å². The highest BCUT2D eigenvalue weighted by atomic mass is 19.1. The SMILES string of the molecule is CC1CC(C2C[C@H](O)CN2[C@@](C(N)=O)(C(=O)OC(N)=O)C(C)(C)C2C3=CC=C2C=C3)N(c2ccc(F)cc2)[C@]1(C)C1C[C@H](O)CN1[C@@](C(N)=O)(C(=O)OC(N)=O)C(C)(C)C1C2=CC=C1C=C2. The van der Waals surface area contributed by atoms with Crippen molar-refractivity contribution in [2.75, 3.05) is 18.0 Å². The van der Waals surface area contributed by atoms with Crippen LogP contribution in [0.2, 0.25) is 0 Å². The van der Waals surface area contributed by atoms with Crippen LogP contribution in [0, 0.1) is 34.4 Å². The number of primary amides is 4. The molecular weight excluding hydrogens is 854 g/mol. The Labute approximate surface area is 381 Å². The van der Waals surface area contributed by atoms with Gasteiger partial charge in [0.25, 0.3) is 0 Å². The van der Waals surface area contributed by atoms with Crippen molar-refractivity contribution in [3.05, 3.63) is 101 Å². The predicted molar refractivity (Wildman–Crippen MR) is 237 cm³/mol. The number of aliphatic hydroxyl groups is 2. The quantitative estimate of drug-likeness (QED) is 0.123. The van der Waals surface area contributed by atoms with Gasteiger partial charge in [-0.3, -0.25) is 19.4 Å². The molecule has 0 spiro atoms. The number of nitrogens with two attached hydrogens (primary N) is 4. The number of carbonyl (C=O) groups excluding carboxylic acids is 6. The number of ether oxygens (including phenoxy) is 2. The lowest BCUT2D eigenvalue weighted by Crippen LogP contribution is -2.77. The zero-order chi connectivity index (χ0) is 48.2. The molecule has 7 aliphatic rings. The minimum atomic E-state index is -2.48. The first kappa shape index (κ1) is 46.6. The van der Waals surface area contributed by atoms with Crippen LogP contribution in [0.4, 0.5) is 19.7 Å². The molecule has 4 unspecified atom stereocenters. The Kier molecular flexibility index (Phi) is 11.2. The molecule has 9 atom stereocenters. The standard InChI is InChI=1S/C48H58FN7O10/c1-24-19-34(33-20-31(57)22-54(33)47(38(50)59,40(61)65-42(52)63)44(2,3)36-25-7-8-26(36)10-9-25)56(30-17-15-29(49)16-18-30)46(24,6)35-21-32(58)23-55(35)48(39(51)60,41(62)66-43(53)64)45(4,5)37-27-11-12-28(37)14-13-27/h7-18,24,31-37,57-58H,19-23H2,1-6H3,(H2,50,59)(H2,51,60)(H2,52,63)(H2,53,64)/t24?,31-,32-,33?,34?,35?,46-,47-,48-/m0/s1. The maximum Gasteiger partial charge on any atom is 0.412 e. The van der Waals surface area contributed by atoms with E-state index in [2.05, 4.69) is 0 Å². The first-order chi connectivity index (χ1) is 30.9. The topological polar surface area (TPSA) is 275 Å². The number of hydrogen-bond donors (Lipinski definition) is 6. The van der Waals surface area contributed by atoms with Crippen LogP contribution < -0.4 is 27.8 Å². The van der Waals surface area contributed by atoms with E-state index in [0.29, 0.717) is 5.69 Å². The van der Waals surface area contributed by atoms with Crippen LogP contribution in [0.1, 0.15) is 60.8 Å². The molecule has 4 amide bonds. The molecule has 3 saturated heterocycles. The third-order valence-corrected chi connectivity index (χ3v) is 16.3. The molecule has 8 rings (SSSR count). The van der Waals surface area contributed by atoms with Crippen molar-refractivity contribution in [3.8, 4) is 0 Å². The van der Waals surface area contributed by atoms with Crippen molar-refractivity contribution in [1.29, 1.82) is 0 Å². The summed E-state index contributed by atoms with van der Waals surface area (Å²) in [6.45, 7) is 9.95. The lowest BCUT2D eigenvalue weighted by Gasteiger charge is -2.57. The predicted octanol–water partition coefficient (Wildman–Crippen LogP) is 2.52. The number of hydrogen-bond acceptors (Lipinski definition) is 13. The zero-order valence-corrected chi connectivity index (χ0v) is 37.8. The number of likely N-dealkylation sites (tertiary alicyclic amines) is 2. The second-order valence-corrected chi connectivity index (χ2v) is 20.2. The Balaban J connectivity index is 1.32. The van der Waals surface area contributed by atoms with E-state index in [1.54, 1.807) is 39.8 Å². The highest BCUT2D eigenvalue weighted by Gasteiger charge is 2.73. The number of carbonyl (C=O) groups is 6. The van der Waals surface area contributed by atoms with Gasteiger partial charge in [0, 0.05) is 59.6 Å². The maximum absolute atomic E-state index is 14.9. The number of anilines is 1. The fourth-order valence-electron chi connectivity index (χ4n) is 13.7. The number of allylic oxidation sites excluding steroid dienone is 12. The minimum Gasteiger partial charge on any atom is -0.392 e. The third kappa shape index (κ3) is 6.38. The van der Waals surface area contributed by atoms with E-state index >= 15 is 0 Å². The van der Waals surface area contributed by atoms with E-state index in [-0.39, 0.29) is 32.4 Å². The zero-order valence-electron chi connectivity index (χ0n) is 37.8. The molecule has 352 valence electrons. The highest BCUT2D eigenvalue weighted by molar-refractivity contribution is 6.11. The first-order valence-electron chi connectivity index (χ1n) is 22.2. The van der Waals surface area contributed by atoms with E-state index in [0.717, 1.165) is 22.3 Å². The minimum absolute atomic E-state index is 0.0342. The Morgan fingerprint density at radius 2 is 1.06 bits per heavy atom. The van der Waals surface area contributed by atoms with Crippen molar-refractivity contribution in [3.63, 3.8) is 0 Å². The molecular formula is C48H58FN7O10. The molecule has 17 nitrogen and oxygen atoms in total. The lowest BCUT2D eigenvalue weighted by molar-refractivity contribution is -0.173. The summed E-state index contributed by atoms with van der Waals surface area (Å²) in [5, 5.41) is 23.6. The highest BCUT2D eigenvalue weighted by Crippen LogP contribution is 2.60. The summed E-state index contributed by atoms with van der Waals surface area (Å²) in [5.74, 6) is -7.16. The normalized spacial score (nSPS) is 30.5. The van der Waals surface area contributed by atoms with Gasteiger partial charge >= 0.3 is 24.1 Å². The second kappa shape index (κ2) is 15.8. The van der Waals surface area contributed by atoms with Gasteiger partial charge in [-0.25, -0.2) is 23.6 Å². The van der Waals surface area contributed by atoms with Gasteiger partial charge < -0.3 is 47.5 Å². The fourth-order valence-corrected chi connectivity index (χ4v) is 13.7. The number of benzene rings is 1. The van der Waals surface area contributed by atoms with E-state index in [1.807, 2.05) is 67.4 Å². The summed E-state index contributed by atoms with van der Waals surface area (Å²) in [7, 11) is 0. The lowest BCUT2D eigenvalue weighted by atomic mass is 9.60. The van der Waals surface area contributed by atoms with Gasteiger partial charge in [0.15, 0.2) is 0 Å². The summed E-state index contributed by atoms with van der Waals surface area (Å²) in [4.78, 5) is 88.8. The number of nitrogens with zero attached hydrogens (tertiary/aromatic N) is 3. The molecule has 3 fully saturated rings. The Bertz CT molecular complexity index is 2450. The van der Waals surface area contributed by atoms with Gasteiger partial charge in [0.1, 0.15) is 5.82 Å². The van der Waals surface area contributed by atoms with Gasteiger partial charge in [-0.05, 0) is 78.7 Å². The molecule has 4 aliphatic carbocycles. The van der Waals surface area contributed by atoms with Crippen molar-refractivity contribution in [1.82, 2.24) is 9.80 Å². The molecule has 0 saturated carbocycles. The number of β-amino-alcohol motifs (C(OH)–C–C–N with tert-alkyl or cyclic N) is 2. The Morgan fingerprint density at radius 3 is 1.47 bits per heavy atom. The summed E-state index contributed by atoms with van der Waals surface area (Å²) >= 11 is 0. The molecule has 1 aromatic rings. The van der Waals surface area contributed by atoms with Gasteiger partial charge in [-0.1, -0.05) is 83.2 Å². The van der Waals surface area contributed by atoms with E-state index in [9.17, 15) is 43.4 Å². The summed E-state index contributed by atoms with van der Waals surface area (Å²) in [5.41, 5.74) is 18.3. The van der Waals surface area contributed by atoms with E-state index in [1.165, 1.54) is 21.9 Å². The molecule has 0 radical (unpaired) electrons. The molecule has 3 aliphatic heterocycles. The number of amides is 4. The summed E-state index contributed by atoms with van der Waals surface area (Å²) in [6, 6.07) is 2.88. The van der Waals surface area contributed by atoms with Gasteiger partial charge in [-0.15, -0.1) is 0 Å². The number of esters is 2. The van der Waals surface area contributed by atoms with Crippen LogP contribution in [-0.2, 0) is 28.7 Å². The van der Waals surface area contributed by atoms with Gasteiger partial charge in [0.05, 0.1) is 17.7 Å². The fraction of sp³-hybridized carbons (Fsp3) is 0.500. The average molecular weight is 912 g/mol. The molecule has 66 heavy (non-hydrogen) atoms. The second-order valence-electron chi connectivity index (χ2n) is 20.2. The summed E-state index contributed by atoms with van der Waals surface area (Å²) < 4.78 is 25.3. The van der Waals surface area contributed by atoms with Crippen molar-refractivity contribution in [2.45, 2.75) is 108 Å². The molecule has 1 aromatic carbocycles. The van der Waals surface area contributed by atoms with Crippen LogP contribution in [0.5, 0.6) is 0 Å². The number of rotatable bonds is 13. The van der Waals surface area contributed by atoms with Crippen molar-refractivity contribution in [2.24, 2.45) is 51.5 Å². The van der Waals surface area contributed by atoms with Crippen LogP contribution in [0.25, 0.3) is 0 Å². The Morgan fingerprint density at radius 1 is 0.652 bits per heavy atom. The van der Waals surface area contributed by atoms with Crippen LogP contribution in [0.3, 0.4) is 0 Å². The van der Waals surface area contributed by atoms with E-state index < -0.39 is 117 Å². The molecule has 3 heterocycles. The van der Waals surface area contributed by atoms with Gasteiger partial charge in [0.2, 0.25) is 22.9 Å². The average Bonchev–Trinajstić information content (AvgIpc) is 4.10. The summed E-state index contributed by atoms with van der Waals surface area (Å²) in [6.07, 6.45) is 9.79. The van der Waals surface area contributed by atoms with Crippen LogP contribution >= 0.6 is 0 Å². The van der Waals surface area contributed by atoms with Gasteiger partial charge in [-0.2, -0.15) is 0 Å². The molecule has 0 aromatic heterocycles. The number of aliphatic hydroxyl groups excluding tert-OH is 2. The first-order valence-corrected chi connectivity index (χ1v) is 22.2. The smallest absolute Gasteiger partial charge is 0.392 e. The molecule has 10 N–H and O–H groups in total. The Hall–Kier alpha value is -5.95. The van der Waals surface area contributed by atoms with Crippen LogP contribution in [0.15, 0.2) is 95.2 Å². The van der Waals surface area contributed by atoms with Crippen LogP contribution in [-0.4, -0.2) is 116 Å². The maximum atomic E-state index is 14.9. The largest absolute Gasteiger partial charge is 0.412 e. The molecule has 4 bridgehead atoms. The van der Waals surface area contributed by atoms with Crippen molar-refractivity contribution >= 4 is 41.6 Å². The number of fused-ring (bicyclic) bond motifs is 4. The van der Waals surface area contributed by atoms with E-state index in [4.69, 9.17) is 32.4 Å². The number of halogens is 1. The molecule has 18 heteroatoms. The third-order valence-electron chi connectivity index (χ3n) is 16.3. The monoisotopic (exact) mass is 911 g/mol.